The summed E-state index contributed by atoms with van der Waals surface area (Å²) < 4.78 is 0. The number of aliphatic hydroxyl groups excluding tert-OH is 1. The first kappa shape index (κ1) is 12.9. The molecular weight excluding hydrogens is 230 g/mol. The molecule has 2 rings (SSSR count). The van der Waals surface area contributed by atoms with E-state index in [2.05, 4.69) is 5.32 Å². The molecule has 4 nitrogen and oxygen atoms in total. The maximum Gasteiger partial charge on any atom is 0.251 e. The molecule has 98 valence electrons. The Morgan fingerprint density at radius 1 is 1.33 bits per heavy atom. The number of carbonyl (C=O) groups excluding carboxylic acids is 1. The molecule has 3 N–H and O–H groups in total. The van der Waals surface area contributed by atoms with E-state index in [0.717, 1.165) is 25.7 Å². The van der Waals surface area contributed by atoms with Crippen LogP contribution in [0.15, 0.2) is 24.3 Å². The first-order valence-corrected chi connectivity index (χ1v) is 6.33. The lowest BCUT2D eigenvalue weighted by Gasteiger charge is -2.26. The molecule has 1 aliphatic carbocycles. The van der Waals surface area contributed by atoms with Crippen molar-refractivity contribution < 1.29 is 15.0 Å². The highest BCUT2D eigenvalue weighted by Gasteiger charge is 2.33. The quantitative estimate of drug-likeness (QED) is 0.760. The molecule has 1 aromatic rings. The fraction of sp³-hybridized carbons (Fsp3) is 0.500. The van der Waals surface area contributed by atoms with Crippen LogP contribution in [0.25, 0.3) is 0 Å². The zero-order valence-corrected chi connectivity index (χ0v) is 10.4. The smallest absolute Gasteiger partial charge is 0.251 e. The zero-order chi connectivity index (χ0) is 13.0. The minimum atomic E-state index is -0.203. The van der Waals surface area contributed by atoms with Gasteiger partial charge >= 0.3 is 0 Å². The van der Waals surface area contributed by atoms with Crippen LogP contribution in [-0.2, 0) is 0 Å². The monoisotopic (exact) mass is 249 g/mol. The molecule has 0 aromatic heterocycles. The molecular formula is C14H19NO3. The number of aromatic hydroxyl groups is 1. The molecule has 0 radical (unpaired) electrons. The average molecular weight is 249 g/mol. The molecule has 0 saturated heterocycles. The summed E-state index contributed by atoms with van der Waals surface area (Å²) in [4.78, 5) is 11.9. The van der Waals surface area contributed by atoms with E-state index in [4.69, 9.17) is 0 Å². The van der Waals surface area contributed by atoms with Gasteiger partial charge in [0, 0.05) is 17.5 Å². The number of nitrogens with one attached hydrogen (secondary N) is 1. The maximum absolute atomic E-state index is 11.9. The first-order valence-electron chi connectivity index (χ1n) is 6.33. The Labute approximate surface area is 107 Å². The van der Waals surface area contributed by atoms with E-state index >= 15 is 0 Å². The topological polar surface area (TPSA) is 69.6 Å². The predicted octanol–water partition coefficient (Wildman–Crippen LogP) is 1.67. The number of aliphatic hydroxyl groups is 1. The van der Waals surface area contributed by atoms with Gasteiger partial charge in [-0.3, -0.25) is 4.79 Å². The van der Waals surface area contributed by atoms with Crippen molar-refractivity contribution in [1.29, 1.82) is 0 Å². The average Bonchev–Trinajstić information content (AvgIpc) is 2.85. The highest BCUT2D eigenvalue weighted by Crippen LogP contribution is 2.36. The summed E-state index contributed by atoms with van der Waals surface area (Å²) in [6.07, 6.45) is 4.15. The van der Waals surface area contributed by atoms with Crippen LogP contribution >= 0.6 is 0 Å². The largest absolute Gasteiger partial charge is 0.508 e. The Kier molecular flexibility index (Phi) is 3.87. The van der Waals surface area contributed by atoms with Crippen molar-refractivity contribution in [1.82, 2.24) is 5.32 Å². The molecule has 4 heteroatoms. The van der Waals surface area contributed by atoms with E-state index in [1.807, 2.05) is 0 Å². The molecule has 0 aliphatic heterocycles. The number of hydrogen-bond donors (Lipinski definition) is 3. The second kappa shape index (κ2) is 5.40. The third kappa shape index (κ3) is 2.82. The number of phenols is 1. The molecule has 1 amide bonds. The van der Waals surface area contributed by atoms with Crippen molar-refractivity contribution in [2.45, 2.75) is 25.7 Å². The summed E-state index contributed by atoms with van der Waals surface area (Å²) in [6, 6.07) is 6.27. The third-order valence-corrected chi connectivity index (χ3v) is 3.73. The van der Waals surface area contributed by atoms with Crippen LogP contribution in [0.5, 0.6) is 5.75 Å². The predicted molar refractivity (Wildman–Crippen MR) is 68.4 cm³/mol. The fourth-order valence-corrected chi connectivity index (χ4v) is 2.53. The van der Waals surface area contributed by atoms with Crippen molar-refractivity contribution in [3.05, 3.63) is 29.8 Å². The van der Waals surface area contributed by atoms with Crippen molar-refractivity contribution >= 4 is 5.91 Å². The van der Waals surface area contributed by atoms with Crippen molar-refractivity contribution in [3.8, 4) is 5.75 Å². The van der Waals surface area contributed by atoms with E-state index in [-0.39, 0.29) is 23.7 Å². The van der Waals surface area contributed by atoms with Gasteiger partial charge in [0.2, 0.25) is 0 Å². The van der Waals surface area contributed by atoms with E-state index in [1.165, 1.54) is 12.1 Å². The number of rotatable bonds is 4. The molecule has 1 saturated carbocycles. The molecule has 18 heavy (non-hydrogen) atoms. The van der Waals surface area contributed by atoms with E-state index in [1.54, 1.807) is 12.1 Å². The second-order valence-corrected chi connectivity index (χ2v) is 5.10. The van der Waals surface area contributed by atoms with Crippen LogP contribution in [0, 0.1) is 5.41 Å². The summed E-state index contributed by atoms with van der Waals surface area (Å²) in [6.45, 7) is 0.616. The number of amides is 1. The van der Waals surface area contributed by atoms with Gasteiger partial charge in [0.05, 0.1) is 6.61 Å². The van der Waals surface area contributed by atoms with Crippen molar-refractivity contribution in [2.75, 3.05) is 13.2 Å². The van der Waals surface area contributed by atoms with Crippen LogP contribution in [0.1, 0.15) is 36.0 Å². The Morgan fingerprint density at radius 3 is 2.67 bits per heavy atom. The molecule has 0 spiro atoms. The summed E-state index contributed by atoms with van der Waals surface area (Å²) >= 11 is 0. The van der Waals surface area contributed by atoms with Gasteiger partial charge in [0.15, 0.2) is 0 Å². The molecule has 1 fully saturated rings. The van der Waals surface area contributed by atoms with Gasteiger partial charge in [0.25, 0.3) is 5.91 Å². The van der Waals surface area contributed by atoms with Gasteiger partial charge in [-0.15, -0.1) is 0 Å². The maximum atomic E-state index is 11.9. The van der Waals surface area contributed by atoms with Crippen molar-refractivity contribution in [2.24, 2.45) is 5.41 Å². The fourth-order valence-electron chi connectivity index (χ4n) is 2.53. The number of carbonyl (C=O) groups is 1. The molecule has 1 aromatic carbocycles. The van der Waals surface area contributed by atoms with Crippen LogP contribution < -0.4 is 5.32 Å². The highest BCUT2D eigenvalue weighted by atomic mass is 16.3. The van der Waals surface area contributed by atoms with Gasteiger partial charge in [-0.1, -0.05) is 18.9 Å². The lowest BCUT2D eigenvalue weighted by Crippen LogP contribution is -2.38. The van der Waals surface area contributed by atoms with E-state index in [9.17, 15) is 15.0 Å². The van der Waals surface area contributed by atoms with Crippen LogP contribution in [0.4, 0.5) is 0 Å². The summed E-state index contributed by atoms with van der Waals surface area (Å²) in [7, 11) is 0. The lowest BCUT2D eigenvalue weighted by molar-refractivity contribution is 0.0880. The van der Waals surface area contributed by atoms with Gasteiger partial charge in [0.1, 0.15) is 5.75 Å². The van der Waals surface area contributed by atoms with E-state index < -0.39 is 0 Å². The number of hydrogen-bond acceptors (Lipinski definition) is 3. The standard InChI is InChI=1S/C14H19NO3/c16-10-14(6-1-2-7-14)9-15-13(18)11-4-3-5-12(17)8-11/h3-5,8,16-17H,1-2,6-7,9-10H2,(H,15,18). The van der Waals surface area contributed by atoms with Gasteiger partial charge < -0.3 is 15.5 Å². The Morgan fingerprint density at radius 2 is 2.06 bits per heavy atom. The molecule has 0 atom stereocenters. The minimum absolute atomic E-state index is 0.0837. The van der Waals surface area contributed by atoms with E-state index in [0.29, 0.717) is 12.1 Å². The highest BCUT2D eigenvalue weighted by molar-refractivity contribution is 5.94. The Bertz CT molecular complexity index is 425. The van der Waals surface area contributed by atoms with Crippen molar-refractivity contribution in [3.63, 3.8) is 0 Å². The summed E-state index contributed by atoms with van der Waals surface area (Å²) in [5.74, 6) is -0.119. The van der Waals surface area contributed by atoms with Gasteiger partial charge in [-0.2, -0.15) is 0 Å². The molecule has 1 aliphatic rings. The van der Waals surface area contributed by atoms with Crippen LogP contribution in [-0.4, -0.2) is 29.3 Å². The lowest BCUT2D eigenvalue weighted by atomic mass is 9.87. The number of benzene rings is 1. The van der Waals surface area contributed by atoms with Crippen LogP contribution in [0.3, 0.4) is 0 Å². The third-order valence-electron chi connectivity index (χ3n) is 3.73. The SMILES string of the molecule is O=C(NCC1(CO)CCCC1)c1cccc(O)c1. The van der Waals surface area contributed by atoms with Gasteiger partial charge in [-0.05, 0) is 31.0 Å². The number of phenolic OH excluding ortho intramolecular Hbond substituents is 1. The zero-order valence-electron chi connectivity index (χ0n) is 10.4. The molecule has 0 heterocycles. The normalized spacial score (nSPS) is 17.6. The van der Waals surface area contributed by atoms with Gasteiger partial charge in [-0.25, -0.2) is 0 Å². The van der Waals surface area contributed by atoms with Crippen LogP contribution in [0.2, 0.25) is 0 Å². The second-order valence-electron chi connectivity index (χ2n) is 5.10. The Hall–Kier alpha value is -1.55. The molecule has 0 bridgehead atoms. The minimum Gasteiger partial charge on any atom is -0.508 e. The molecule has 0 unspecified atom stereocenters. The first-order chi connectivity index (χ1) is 8.65. The summed E-state index contributed by atoms with van der Waals surface area (Å²) in [5, 5.41) is 21.6. The Balaban J connectivity index is 1.96. The summed E-state index contributed by atoms with van der Waals surface area (Å²) in [5.41, 5.74) is 0.299.